The van der Waals surface area contributed by atoms with E-state index < -0.39 is 28.6 Å². The van der Waals surface area contributed by atoms with E-state index >= 15 is 0 Å². The summed E-state index contributed by atoms with van der Waals surface area (Å²) < 4.78 is 5.16. The summed E-state index contributed by atoms with van der Waals surface area (Å²) in [5.74, 6) is -0.386. The van der Waals surface area contributed by atoms with Crippen LogP contribution in [0.25, 0.3) is 0 Å². The topological polar surface area (TPSA) is 123 Å². The second kappa shape index (κ2) is 9.27. The maximum absolute atomic E-state index is 12.3. The molecule has 0 aliphatic rings. The lowest BCUT2D eigenvalue weighted by atomic mass is 10.0. The second-order valence-electron chi connectivity index (χ2n) is 6.99. The highest BCUT2D eigenvalue weighted by molar-refractivity contribution is 7.12. The number of nitrogens with zero attached hydrogens (tertiary/aromatic N) is 2. The van der Waals surface area contributed by atoms with Crippen molar-refractivity contribution >= 4 is 35.2 Å². The first-order valence-corrected chi connectivity index (χ1v) is 8.92. The molecule has 9 nitrogen and oxygen atoms in total. The van der Waals surface area contributed by atoms with Crippen LogP contribution in [-0.2, 0) is 9.53 Å². The van der Waals surface area contributed by atoms with Crippen LogP contribution in [-0.4, -0.2) is 34.8 Å². The van der Waals surface area contributed by atoms with Crippen molar-refractivity contribution in [3.05, 3.63) is 26.4 Å². The average molecular weight is 384 g/mol. The number of alkyl carbamates (subject to hydrolysis) is 1. The van der Waals surface area contributed by atoms with E-state index in [1.165, 1.54) is 12.3 Å². The van der Waals surface area contributed by atoms with Gasteiger partial charge in [0.25, 0.3) is 11.6 Å². The number of rotatable bonds is 7. The first kappa shape index (κ1) is 21.6. The lowest BCUT2D eigenvalue weighted by Gasteiger charge is -2.23. The van der Waals surface area contributed by atoms with E-state index in [4.69, 9.17) is 4.74 Å². The van der Waals surface area contributed by atoms with Crippen LogP contribution in [0.2, 0.25) is 0 Å². The van der Waals surface area contributed by atoms with Gasteiger partial charge in [0.15, 0.2) is 0 Å². The molecule has 1 atom stereocenters. The summed E-state index contributed by atoms with van der Waals surface area (Å²) in [6.07, 6.45) is 0.900. The van der Waals surface area contributed by atoms with Gasteiger partial charge in [-0.15, -0.1) is 11.3 Å². The number of amides is 2. The fourth-order valence-electron chi connectivity index (χ4n) is 1.95. The van der Waals surface area contributed by atoms with E-state index in [0.29, 0.717) is 11.3 Å². The molecule has 0 aliphatic heterocycles. The number of nitro groups is 1. The summed E-state index contributed by atoms with van der Waals surface area (Å²) in [5, 5.41) is 18.7. The summed E-state index contributed by atoms with van der Waals surface area (Å²) in [6.45, 7) is 9.00. The van der Waals surface area contributed by atoms with Crippen LogP contribution in [0.15, 0.2) is 16.5 Å². The normalized spacial score (nSPS) is 12.8. The van der Waals surface area contributed by atoms with Gasteiger partial charge < -0.3 is 10.1 Å². The molecule has 0 saturated carbocycles. The highest BCUT2D eigenvalue weighted by Gasteiger charge is 2.25. The third-order valence-corrected chi connectivity index (χ3v) is 3.78. The van der Waals surface area contributed by atoms with Gasteiger partial charge in [0.05, 0.1) is 11.1 Å². The Bertz CT molecular complexity index is 678. The zero-order valence-corrected chi connectivity index (χ0v) is 16.3. The fourth-order valence-corrected chi connectivity index (χ4v) is 2.67. The van der Waals surface area contributed by atoms with E-state index in [0.717, 1.165) is 11.3 Å². The highest BCUT2D eigenvalue weighted by atomic mass is 32.1. The minimum Gasteiger partial charge on any atom is -0.444 e. The maximum Gasteiger partial charge on any atom is 0.408 e. The smallest absolute Gasteiger partial charge is 0.408 e. The molecule has 1 aromatic rings. The fraction of sp³-hybridized carbons (Fsp3) is 0.562. The monoisotopic (exact) mass is 384 g/mol. The molecule has 144 valence electrons. The van der Waals surface area contributed by atoms with Gasteiger partial charge in [-0.05, 0) is 38.5 Å². The molecule has 26 heavy (non-hydrogen) atoms. The minimum absolute atomic E-state index is 0.0846. The van der Waals surface area contributed by atoms with Crippen LogP contribution in [0, 0.1) is 16.0 Å². The standard InChI is InChI=1S/C16H24N4O5S/c1-10(2)8-11(18-15(22)25-16(3,4)5)14(21)19-17-9-13-12(20(23)24)6-7-26-13/h6-7,9-11H,8H2,1-5H3,(H,18,22)(H,19,21)/b17-9+. The molecule has 1 unspecified atom stereocenters. The van der Waals surface area contributed by atoms with Gasteiger partial charge >= 0.3 is 6.09 Å². The number of thiophene rings is 1. The molecule has 0 spiro atoms. The summed E-state index contributed by atoms with van der Waals surface area (Å²) in [7, 11) is 0. The number of carbonyl (C=O) groups excluding carboxylic acids is 2. The Balaban J connectivity index is 2.73. The van der Waals surface area contributed by atoms with Gasteiger partial charge in [0.1, 0.15) is 16.5 Å². The van der Waals surface area contributed by atoms with Gasteiger partial charge in [0.2, 0.25) is 0 Å². The molecule has 0 saturated heterocycles. The van der Waals surface area contributed by atoms with E-state index in [2.05, 4.69) is 15.8 Å². The Hall–Kier alpha value is -2.49. The molecule has 0 bridgehead atoms. The Kier molecular flexibility index (Phi) is 7.69. The van der Waals surface area contributed by atoms with Gasteiger partial charge in [-0.1, -0.05) is 13.8 Å². The molecule has 0 radical (unpaired) electrons. The molecular weight excluding hydrogens is 360 g/mol. The SMILES string of the molecule is CC(C)CC(NC(=O)OC(C)(C)C)C(=O)N/N=C/c1sccc1[N+](=O)[O-]. The molecule has 0 fully saturated rings. The van der Waals surface area contributed by atoms with E-state index in [1.54, 1.807) is 26.2 Å². The van der Waals surface area contributed by atoms with Crippen molar-refractivity contribution in [2.75, 3.05) is 0 Å². The predicted octanol–water partition coefficient (Wildman–Crippen LogP) is 3.05. The molecule has 1 aromatic heterocycles. The van der Waals surface area contributed by atoms with Crippen molar-refractivity contribution < 1.29 is 19.2 Å². The zero-order chi connectivity index (χ0) is 19.9. The highest BCUT2D eigenvalue weighted by Crippen LogP contribution is 2.22. The number of hydrogen-bond donors (Lipinski definition) is 2. The third kappa shape index (κ3) is 7.60. The summed E-state index contributed by atoms with van der Waals surface area (Å²) in [6, 6.07) is 0.528. The number of nitrogens with one attached hydrogen (secondary N) is 2. The lowest BCUT2D eigenvalue weighted by Crippen LogP contribution is -2.47. The van der Waals surface area contributed by atoms with Crippen LogP contribution < -0.4 is 10.7 Å². The second-order valence-corrected chi connectivity index (χ2v) is 7.94. The largest absolute Gasteiger partial charge is 0.444 e. The first-order chi connectivity index (χ1) is 12.0. The van der Waals surface area contributed by atoms with Gasteiger partial charge in [0, 0.05) is 6.07 Å². The number of ether oxygens (including phenoxy) is 1. The number of hydrogen-bond acceptors (Lipinski definition) is 7. The van der Waals surface area contributed by atoms with Crippen LogP contribution in [0.5, 0.6) is 0 Å². The average Bonchev–Trinajstić information content (AvgIpc) is 2.92. The Morgan fingerprint density at radius 1 is 1.42 bits per heavy atom. The van der Waals surface area contributed by atoms with E-state index in [1.807, 2.05) is 13.8 Å². The van der Waals surface area contributed by atoms with Crippen LogP contribution >= 0.6 is 11.3 Å². The predicted molar refractivity (Wildman–Crippen MR) is 99.3 cm³/mol. The molecular formula is C16H24N4O5S. The van der Waals surface area contributed by atoms with Crippen LogP contribution in [0.4, 0.5) is 10.5 Å². The van der Waals surface area contributed by atoms with E-state index in [9.17, 15) is 19.7 Å². The van der Waals surface area contributed by atoms with Gasteiger partial charge in [-0.3, -0.25) is 14.9 Å². The van der Waals surface area contributed by atoms with Gasteiger partial charge in [-0.25, -0.2) is 10.2 Å². The molecule has 0 aromatic carbocycles. The van der Waals surface area contributed by atoms with Gasteiger partial charge in [-0.2, -0.15) is 5.10 Å². The van der Waals surface area contributed by atoms with Crippen LogP contribution in [0.3, 0.4) is 0 Å². The van der Waals surface area contributed by atoms with Crippen molar-refractivity contribution in [2.24, 2.45) is 11.0 Å². The Morgan fingerprint density at radius 2 is 2.08 bits per heavy atom. The minimum atomic E-state index is -0.833. The molecule has 1 rings (SSSR count). The van der Waals surface area contributed by atoms with Crippen molar-refractivity contribution in [1.82, 2.24) is 10.7 Å². The van der Waals surface area contributed by atoms with Crippen LogP contribution in [0.1, 0.15) is 45.9 Å². The summed E-state index contributed by atoms with van der Waals surface area (Å²) in [4.78, 5) is 34.9. The van der Waals surface area contributed by atoms with Crippen molar-refractivity contribution in [1.29, 1.82) is 0 Å². The first-order valence-electron chi connectivity index (χ1n) is 8.04. The number of hydrazone groups is 1. The lowest BCUT2D eigenvalue weighted by molar-refractivity contribution is -0.384. The summed E-state index contributed by atoms with van der Waals surface area (Å²) in [5.41, 5.74) is 1.54. The zero-order valence-electron chi connectivity index (χ0n) is 15.4. The summed E-state index contributed by atoms with van der Waals surface area (Å²) >= 11 is 1.13. The van der Waals surface area contributed by atoms with Crippen molar-refractivity contribution in [2.45, 2.75) is 52.7 Å². The molecule has 0 aliphatic carbocycles. The quantitative estimate of drug-likeness (QED) is 0.425. The Morgan fingerprint density at radius 3 is 2.62 bits per heavy atom. The molecule has 1 heterocycles. The molecule has 10 heteroatoms. The molecule has 2 amide bonds. The number of carbonyl (C=O) groups is 2. The van der Waals surface area contributed by atoms with Crippen molar-refractivity contribution in [3.8, 4) is 0 Å². The van der Waals surface area contributed by atoms with Crippen molar-refractivity contribution in [3.63, 3.8) is 0 Å². The van der Waals surface area contributed by atoms with E-state index in [-0.39, 0.29) is 11.6 Å². The maximum atomic E-state index is 12.3. The Labute approximate surface area is 156 Å². The third-order valence-electron chi connectivity index (χ3n) is 2.94. The molecule has 2 N–H and O–H groups in total.